The molecule has 0 N–H and O–H groups in total. The molecule has 1 saturated carbocycles. The van der Waals surface area contributed by atoms with E-state index in [-0.39, 0.29) is 23.1 Å². The Kier molecular flexibility index (Phi) is 5.26. The first-order chi connectivity index (χ1) is 12.3. The topological polar surface area (TPSA) is 49.9 Å². The molecule has 1 aliphatic carbocycles. The molecule has 1 aromatic rings. The minimum atomic E-state index is -0.527. The first-order valence-corrected chi connectivity index (χ1v) is 9.60. The van der Waals surface area contributed by atoms with Crippen molar-refractivity contribution in [1.29, 1.82) is 0 Å². The molecule has 1 aromatic carbocycles. The molecule has 26 heavy (non-hydrogen) atoms. The van der Waals surface area contributed by atoms with E-state index in [0.29, 0.717) is 31.9 Å². The Bertz CT molecular complexity index is 651. The lowest BCUT2D eigenvalue weighted by atomic mass is 9.87. The zero-order valence-electron chi connectivity index (χ0n) is 16.3. The fourth-order valence-corrected chi connectivity index (χ4v) is 3.28. The van der Waals surface area contributed by atoms with Gasteiger partial charge >= 0.3 is 0 Å². The van der Waals surface area contributed by atoms with Crippen molar-refractivity contribution in [2.75, 3.05) is 26.2 Å². The molecule has 5 heteroatoms. The molecule has 0 bridgehead atoms. The molecular formula is C21H30N2O3. The SMILES string of the molecule is CC(Oc1ccc(C(C)(C)C)cc1)C(=O)N1CCN(C(=O)C2CC2)CC1. The van der Waals surface area contributed by atoms with Crippen LogP contribution in [0.25, 0.3) is 0 Å². The van der Waals surface area contributed by atoms with Crippen molar-refractivity contribution in [3.63, 3.8) is 0 Å². The van der Waals surface area contributed by atoms with Gasteiger partial charge in [-0.15, -0.1) is 0 Å². The first-order valence-electron chi connectivity index (χ1n) is 9.60. The average Bonchev–Trinajstić information content (AvgIpc) is 3.45. The van der Waals surface area contributed by atoms with Crippen LogP contribution >= 0.6 is 0 Å². The summed E-state index contributed by atoms with van der Waals surface area (Å²) in [6.07, 6.45) is 1.52. The number of carbonyl (C=O) groups is 2. The highest BCUT2D eigenvalue weighted by Gasteiger charge is 2.35. The lowest BCUT2D eigenvalue weighted by Gasteiger charge is -2.36. The molecule has 2 fully saturated rings. The third-order valence-corrected chi connectivity index (χ3v) is 5.21. The van der Waals surface area contributed by atoms with E-state index >= 15 is 0 Å². The summed E-state index contributed by atoms with van der Waals surface area (Å²) in [4.78, 5) is 28.5. The fourth-order valence-electron chi connectivity index (χ4n) is 3.28. The van der Waals surface area contributed by atoms with Crippen LogP contribution in [0.2, 0.25) is 0 Å². The number of benzene rings is 1. The lowest BCUT2D eigenvalue weighted by molar-refractivity contribution is -0.144. The third-order valence-electron chi connectivity index (χ3n) is 5.21. The zero-order chi connectivity index (χ0) is 18.9. The summed E-state index contributed by atoms with van der Waals surface area (Å²) >= 11 is 0. The van der Waals surface area contributed by atoms with Gasteiger partial charge in [0.25, 0.3) is 5.91 Å². The van der Waals surface area contributed by atoms with E-state index in [4.69, 9.17) is 4.74 Å². The van der Waals surface area contributed by atoms with E-state index < -0.39 is 6.10 Å². The molecule has 2 aliphatic rings. The van der Waals surface area contributed by atoms with Crippen molar-refractivity contribution < 1.29 is 14.3 Å². The maximum absolute atomic E-state index is 12.6. The van der Waals surface area contributed by atoms with Crippen LogP contribution in [-0.2, 0) is 15.0 Å². The second kappa shape index (κ2) is 7.29. The minimum absolute atomic E-state index is 0.0107. The van der Waals surface area contributed by atoms with Gasteiger partial charge in [-0.2, -0.15) is 0 Å². The molecule has 1 heterocycles. The number of ether oxygens (including phenoxy) is 1. The summed E-state index contributed by atoms with van der Waals surface area (Å²) in [7, 11) is 0. The van der Waals surface area contributed by atoms with Crippen molar-refractivity contribution in [1.82, 2.24) is 9.80 Å². The van der Waals surface area contributed by atoms with Gasteiger partial charge in [0.15, 0.2) is 6.10 Å². The summed E-state index contributed by atoms with van der Waals surface area (Å²) in [6, 6.07) is 7.96. The highest BCUT2D eigenvalue weighted by Crippen LogP contribution is 2.31. The minimum Gasteiger partial charge on any atom is -0.481 e. The number of piperazine rings is 1. The van der Waals surface area contributed by atoms with Gasteiger partial charge < -0.3 is 14.5 Å². The number of carbonyl (C=O) groups excluding carboxylic acids is 2. The largest absolute Gasteiger partial charge is 0.481 e. The molecule has 2 amide bonds. The van der Waals surface area contributed by atoms with Crippen LogP contribution in [0, 0.1) is 5.92 Å². The zero-order valence-corrected chi connectivity index (χ0v) is 16.3. The number of hydrogen-bond donors (Lipinski definition) is 0. The summed E-state index contributed by atoms with van der Waals surface area (Å²) in [5.41, 5.74) is 1.33. The third kappa shape index (κ3) is 4.37. The van der Waals surface area contributed by atoms with Crippen LogP contribution < -0.4 is 4.74 Å². The quantitative estimate of drug-likeness (QED) is 0.832. The van der Waals surface area contributed by atoms with Gasteiger partial charge in [0, 0.05) is 32.1 Å². The Hall–Kier alpha value is -2.04. The Morgan fingerprint density at radius 1 is 1.00 bits per heavy atom. The Labute approximate surface area is 156 Å². The van der Waals surface area contributed by atoms with Crippen molar-refractivity contribution in [2.45, 2.75) is 52.1 Å². The number of nitrogens with zero attached hydrogens (tertiary/aromatic N) is 2. The van der Waals surface area contributed by atoms with Crippen LogP contribution in [0.15, 0.2) is 24.3 Å². The Morgan fingerprint density at radius 3 is 2.04 bits per heavy atom. The normalized spacial score (nSPS) is 19.2. The number of rotatable bonds is 4. The monoisotopic (exact) mass is 358 g/mol. The molecule has 0 spiro atoms. The molecule has 5 nitrogen and oxygen atoms in total. The van der Waals surface area contributed by atoms with Gasteiger partial charge in [0.2, 0.25) is 5.91 Å². The molecule has 1 atom stereocenters. The van der Waals surface area contributed by atoms with Gasteiger partial charge in [-0.05, 0) is 42.9 Å². The van der Waals surface area contributed by atoms with Crippen molar-refractivity contribution in [3.8, 4) is 5.75 Å². The highest BCUT2D eigenvalue weighted by atomic mass is 16.5. The van der Waals surface area contributed by atoms with E-state index in [1.165, 1.54) is 5.56 Å². The molecule has 0 aromatic heterocycles. The van der Waals surface area contributed by atoms with E-state index in [0.717, 1.165) is 12.8 Å². The summed E-state index contributed by atoms with van der Waals surface area (Å²) in [5.74, 6) is 1.21. The predicted octanol–water partition coefficient (Wildman–Crippen LogP) is 2.83. The fraction of sp³-hybridized carbons (Fsp3) is 0.619. The molecule has 0 radical (unpaired) electrons. The molecule has 1 saturated heterocycles. The summed E-state index contributed by atoms with van der Waals surface area (Å²) < 4.78 is 5.85. The summed E-state index contributed by atoms with van der Waals surface area (Å²) in [6.45, 7) is 10.7. The van der Waals surface area contributed by atoms with Gasteiger partial charge in [0.1, 0.15) is 5.75 Å². The van der Waals surface area contributed by atoms with Crippen molar-refractivity contribution in [3.05, 3.63) is 29.8 Å². The predicted molar refractivity (Wildman–Crippen MR) is 101 cm³/mol. The average molecular weight is 358 g/mol. The van der Waals surface area contributed by atoms with Gasteiger partial charge in [-0.3, -0.25) is 9.59 Å². The molecule has 142 valence electrons. The molecule has 1 aliphatic heterocycles. The highest BCUT2D eigenvalue weighted by molar-refractivity contribution is 5.83. The van der Waals surface area contributed by atoms with Gasteiger partial charge in [-0.25, -0.2) is 0 Å². The maximum atomic E-state index is 12.6. The van der Waals surface area contributed by atoms with Crippen LogP contribution in [0.5, 0.6) is 5.75 Å². The van der Waals surface area contributed by atoms with E-state index in [9.17, 15) is 9.59 Å². The van der Waals surface area contributed by atoms with Crippen LogP contribution in [0.1, 0.15) is 46.1 Å². The van der Waals surface area contributed by atoms with Gasteiger partial charge in [0.05, 0.1) is 0 Å². The molecular weight excluding hydrogens is 328 g/mol. The molecule has 3 rings (SSSR count). The van der Waals surface area contributed by atoms with Crippen molar-refractivity contribution >= 4 is 11.8 Å². The smallest absolute Gasteiger partial charge is 0.263 e. The second-order valence-electron chi connectivity index (χ2n) is 8.46. The first kappa shape index (κ1) is 18.7. The lowest BCUT2D eigenvalue weighted by Crippen LogP contribution is -2.53. The Morgan fingerprint density at radius 2 is 1.54 bits per heavy atom. The Balaban J connectivity index is 1.51. The van der Waals surface area contributed by atoms with E-state index in [1.807, 2.05) is 21.9 Å². The van der Waals surface area contributed by atoms with E-state index in [2.05, 4.69) is 32.9 Å². The maximum Gasteiger partial charge on any atom is 0.263 e. The van der Waals surface area contributed by atoms with Crippen LogP contribution in [-0.4, -0.2) is 53.9 Å². The van der Waals surface area contributed by atoms with Crippen LogP contribution in [0.3, 0.4) is 0 Å². The number of hydrogen-bond acceptors (Lipinski definition) is 3. The standard InChI is InChI=1S/C21H30N2O3/c1-15(26-18-9-7-17(8-10-18)21(2,3)4)19(24)22-11-13-23(14-12-22)20(25)16-5-6-16/h7-10,15-16H,5-6,11-14H2,1-4H3. The number of amides is 2. The summed E-state index contributed by atoms with van der Waals surface area (Å²) in [5, 5.41) is 0. The van der Waals surface area contributed by atoms with Gasteiger partial charge in [-0.1, -0.05) is 32.9 Å². The molecule has 1 unspecified atom stereocenters. The second-order valence-corrected chi connectivity index (χ2v) is 8.46. The van der Waals surface area contributed by atoms with E-state index in [1.54, 1.807) is 6.92 Å². The van der Waals surface area contributed by atoms with Crippen LogP contribution in [0.4, 0.5) is 0 Å². The van der Waals surface area contributed by atoms with Crippen molar-refractivity contribution in [2.24, 2.45) is 5.92 Å².